The SMILES string of the molecule is CCOC(=O)C(Nc1ccc(OC)cc1)C(C)C(=O)Sc1ccccc1. The molecule has 0 aliphatic heterocycles. The summed E-state index contributed by atoms with van der Waals surface area (Å²) in [6.45, 7) is 3.73. The Morgan fingerprint density at radius 1 is 1.08 bits per heavy atom. The Labute approximate surface area is 158 Å². The summed E-state index contributed by atoms with van der Waals surface area (Å²) in [5.74, 6) is -0.300. The zero-order chi connectivity index (χ0) is 18.9. The van der Waals surface area contributed by atoms with Crippen molar-refractivity contribution in [2.75, 3.05) is 19.0 Å². The summed E-state index contributed by atoms with van der Waals surface area (Å²) in [5, 5.41) is 3.02. The summed E-state index contributed by atoms with van der Waals surface area (Å²) in [7, 11) is 1.59. The smallest absolute Gasteiger partial charge is 0.329 e. The summed E-state index contributed by atoms with van der Waals surface area (Å²) in [6, 6.07) is 15.8. The fourth-order valence-corrected chi connectivity index (χ4v) is 3.17. The van der Waals surface area contributed by atoms with Gasteiger partial charge in [-0.25, -0.2) is 4.79 Å². The van der Waals surface area contributed by atoms with Gasteiger partial charge in [-0.15, -0.1) is 0 Å². The lowest BCUT2D eigenvalue weighted by atomic mass is 10.0. The molecule has 0 spiro atoms. The number of benzene rings is 2. The van der Waals surface area contributed by atoms with Crippen LogP contribution in [0.15, 0.2) is 59.5 Å². The van der Waals surface area contributed by atoms with E-state index in [-0.39, 0.29) is 11.7 Å². The molecule has 2 aromatic carbocycles. The van der Waals surface area contributed by atoms with E-state index in [4.69, 9.17) is 9.47 Å². The summed E-state index contributed by atoms with van der Waals surface area (Å²) < 4.78 is 10.3. The Morgan fingerprint density at radius 2 is 1.73 bits per heavy atom. The Hall–Kier alpha value is -2.47. The molecule has 2 aromatic rings. The van der Waals surface area contributed by atoms with E-state index in [1.165, 1.54) is 0 Å². The summed E-state index contributed by atoms with van der Waals surface area (Å²) >= 11 is 1.13. The third kappa shape index (κ3) is 5.52. The third-order valence-electron chi connectivity index (χ3n) is 3.79. The van der Waals surface area contributed by atoms with Crippen LogP contribution in [0.2, 0.25) is 0 Å². The molecular formula is C20H23NO4S. The summed E-state index contributed by atoms with van der Waals surface area (Å²) in [4.78, 5) is 25.9. The molecule has 2 rings (SSSR count). The highest BCUT2D eigenvalue weighted by atomic mass is 32.2. The average Bonchev–Trinajstić information content (AvgIpc) is 2.67. The second kappa shape index (κ2) is 9.87. The largest absolute Gasteiger partial charge is 0.497 e. The molecule has 26 heavy (non-hydrogen) atoms. The van der Waals surface area contributed by atoms with Gasteiger partial charge in [0.1, 0.15) is 11.8 Å². The maximum absolute atomic E-state index is 12.6. The molecule has 2 atom stereocenters. The first-order valence-electron chi connectivity index (χ1n) is 8.39. The number of methoxy groups -OCH3 is 1. The van der Waals surface area contributed by atoms with Crippen molar-refractivity contribution in [3.05, 3.63) is 54.6 Å². The van der Waals surface area contributed by atoms with Gasteiger partial charge < -0.3 is 14.8 Å². The Balaban J connectivity index is 2.13. The molecule has 138 valence electrons. The molecule has 0 fully saturated rings. The number of hydrogen-bond donors (Lipinski definition) is 1. The predicted molar refractivity (Wildman–Crippen MR) is 104 cm³/mol. The fraction of sp³-hybridized carbons (Fsp3) is 0.300. The Morgan fingerprint density at radius 3 is 2.31 bits per heavy atom. The topological polar surface area (TPSA) is 64.6 Å². The van der Waals surface area contributed by atoms with Crippen molar-refractivity contribution in [3.8, 4) is 5.75 Å². The second-order valence-corrected chi connectivity index (χ2v) is 6.70. The highest BCUT2D eigenvalue weighted by molar-refractivity contribution is 8.13. The lowest BCUT2D eigenvalue weighted by Crippen LogP contribution is -2.40. The highest BCUT2D eigenvalue weighted by Gasteiger charge is 2.32. The first-order valence-corrected chi connectivity index (χ1v) is 9.20. The molecule has 0 heterocycles. The average molecular weight is 373 g/mol. The number of anilines is 1. The number of thioether (sulfide) groups is 1. The van der Waals surface area contributed by atoms with Crippen molar-refractivity contribution in [1.82, 2.24) is 0 Å². The molecule has 0 saturated heterocycles. The van der Waals surface area contributed by atoms with Crippen LogP contribution in [-0.2, 0) is 14.3 Å². The van der Waals surface area contributed by atoms with Crippen LogP contribution < -0.4 is 10.1 Å². The number of carbonyl (C=O) groups excluding carboxylic acids is 2. The Kier molecular flexibility index (Phi) is 7.53. The van der Waals surface area contributed by atoms with E-state index < -0.39 is 17.9 Å². The minimum Gasteiger partial charge on any atom is -0.497 e. The van der Waals surface area contributed by atoms with Gasteiger partial charge in [-0.3, -0.25) is 4.79 Å². The predicted octanol–water partition coefficient (Wildman–Crippen LogP) is 3.99. The molecule has 0 bridgehead atoms. The normalized spacial score (nSPS) is 12.7. The zero-order valence-corrected chi connectivity index (χ0v) is 15.9. The van der Waals surface area contributed by atoms with E-state index >= 15 is 0 Å². The molecule has 0 aromatic heterocycles. The first-order chi connectivity index (χ1) is 12.5. The van der Waals surface area contributed by atoms with Crippen LogP contribution >= 0.6 is 11.8 Å². The minimum absolute atomic E-state index is 0.102. The van der Waals surface area contributed by atoms with Crippen LogP contribution in [0.25, 0.3) is 0 Å². The highest BCUT2D eigenvalue weighted by Crippen LogP contribution is 2.26. The van der Waals surface area contributed by atoms with E-state index in [1.807, 2.05) is 30.3 Å². The van der Waals surface area contributed by atoms with Crippen LogP contribution in [-0.4, -0.2) is 30.8 Å². The van der Waals surface area contributed by atoms with Gasteiger partial charge in [-0.1, -0.05) is 36.9 Å². The number of ether oxygens (including phenoxy) is 2. The van der Waals surface area contributed by atoms with E-state index in [0.717, 1.165) is 16.7 Å². The number of hydrogen-bond acceptors (Lipinski definition) is 6. The number of nitrogens with one attached hydrogen (secondary N) is 1. The maximum atomic E-state index is 12.6. The molecule has 0 aliphatic carbocycles. The van der Waals surface area contributed by atoms with E-state index in [0.29, 0.717) is 11.4 Å². The summed E-state index contributed by atoms with van der Waals surface area (Å²) in [5.41, 5.74) is 0.716. The van der Waals surface area contributed by atoms with Crippen molar-refractivity contribution < 1.29 is 19.1 Å². The van der Waals surface area contributed by atoms with Gasteiger partial charge in [0.05, 0.1) is 19.6 Å². The van der Waals surface area contributed by atoms with Crippen LogP contribution in [0.4, 0.5) is 5.69 Å². The van der Waals surface area contributed by atoms with Gasteiger partial charge in [0.25, 0.3) is 0 Å². The van der Waals surface area contributed by atoms with Gasteiger partial charge in [0, 0.05) is 10.6 Å². The summed E-state index contributed by atoms with van der Waals surface area (Å²) in [6.07, 6.45) is 0. The second-order valence-electron chi connectivity index (χ2n) is 5.63. The van der Waals surface area contributed by atoms with E-state index in [9.17, 15) is 9.59 Å². The molecule has 0 amide bonds. The minimum atomic E-state index is -0.771. The number of carbonyl (C=O) groups is 2. The fourth-order valence-electron chi connectivity index (χ4n) is 2.32. The number of esters is 1. The lowest BCUT2D eigenvalue weighted by Gasteiger charge is -2.23. The molecular weight excluding hydrogens is 350 g/mol. The van der Waals surface area contributed by atoms with Crippen molar-refractivity contribution in [2.24, 2.45) is 5.92 Å². The van der Waals surface area contributed by atoms with Gasteiger partial charge in [-0.2, -0.15) is 0 Å². The molecule has 0 aliphatic rings. The van der Waals surface area contributed by atoms with Gasteiger partial charge in [0.15, 0.2) is 5.12 Å². The van der Waals surface area contributed by atoms with Crippen LogP contribution in [0, 0.1) is 5.92 Å². The molecule has 1 N–H and O–H groups in total. The van der Waals surface area contributed by atoms with Gasteiger partial charge in [0.2, 0.25) is 0 Å². The van der Waals surface area contributed by atoms with Gasteiger partial charge >= 0.3 is 5.97 Å². The van der Waals surface area contributed by atoms with Crippen molar-refractivity contribution in [1.29, 1.82) is 0 Å². The molecule has 0 saturated carbocycles. The van der Waals surface area contributed by atoms with E-state index in [2.05, 4.69) is 5.32 Å². The van der Waals surface area contributed by atoms with Crippen molar-refractivity contribution >= 4 is 28.5 Å². The molecule has 2 unspecified atom stereocenters. The lowest BCUT2D eigenvalue weighted by molar-refractivity contribution is -0.146. The van der Waals surface area contributed by atoms with Crippen LogP contribution in [0.1, 0.15) is 13.8 Å². The standard InChI is InChI=1S/C20H23NO4S/c1-4-25-19(22)18(21-15-10-12-16(24-3)13-11-15)14(2)20(23)26-17-8-6-5-7-9-17/h5-14,18,21H,4H2,1-3H3. The Bertz CT molecular complexity index is 718. The third-order valence-corrected chi connectivity index (χ3v) is 4.87. The first kappa shape index (κ1) is 19.8. The van der Waals surface area contributed by atoms with Crippen molar-refractivity contribution in [2.45, 2.75) is 24.8 Å². The van der Waals surface area contributed by atoms with Crippen molar-refractivity contribution in [3.63, 3.8) is 0 Å². The van der Waals surface area contributed by atoms with Gasteiger partial charge in [-0.05, 0) is 43.3 Å². The van der Waals surface area contributed by atoms with Crippen LogP contribution in [0.3, 0.4) is 0 Å². The quantitative estimate of drug-likeness (QED) is 0.557. The van der Waals surface area contributed by atoms with Crippen LogP contribution in [0.5, 0.6) is 5.75 Å². The maximum Gasteiger partial charge on any atom is 0.329 e. The molecule has 6 heteroatoms. The monoisotopic (exact) mass is 373 g/mol. The number of rotatable bonds is 8. The van der Waals surface area contributed by atoms with E-state index in [1.54, 1.807) is 45.2 Å². The molecule has 5 nitrogen and oxygen atoms in total. The zero-order valence-electron chi connectivity index (χ0n) is 15.1. The molecule has 0 radical (unpaired) electrons.